The summed E-state index contributed by atoms with van der Waals surface area (Å²) < 4.78 is 13.3. The van der Waals surface area contributed by atoms with Gasteiger partial charge in [-0.25, -0.2) is 4.39 Å². The smallest absolute Gasteiger partial charge is 0.117 e. The van der Waals surface area contributed by atoms with E-state index >= 15 is 0 Å². The summed E-state index contributed by atoms with van der Waals surface area (Å²) in [5.74, 6) is 0.635. The molecule has 1 aliphatic carbocycles. The minimum absolute atomic E-state index is 0.199. The van der Waals surface area contributed by atoms with Gasteiger partial charge in [0.15, 0.2) is 0 Å². The molecule has 0 spiro atoms. The van der Waals surface area contributed by atoms with Gasteiger partial charge in [0.2, 0.25) is 0 Å². The predicted molar refractivity (Wildman–Crippen MR) is 47.9 cm³/mol. The third-order valence-electron chi connectivity index (χ3n) is 3.35. The van der Waals surface area contributed by atoms with Gasteiger partial charge in [-0.1, -0.05) is 19.3 Å². The van der Waals surface area contributed by atoms with Gasteiger partial charge in [0.05, 0.1) is 0 Å². The van der Waals surface area contributed by atoms with Crippen molar-refractivity contribution in [1.82, 2.24) is 5.32 Å². The zero-order chi connectivity index (χ0) is 8.39. The second kappa shape index (κ2) is 3.73. The molecule has 1 heterocycles. The van der Waals surface area contributed by atoms with Crippen molar-refractivity contribution in [2.24, 2.45) is 5.92 Å². The molecule has 2 heteroatoms. The lowest BCUT2D eigenvalue weighted by Gasteiger charge is -2.28. The van der Waals surface area contributed by atoms with Gasteiger partial charge in [-0.15, -0.1) is 0 Å². The van der Waals surface area contributed by atoms with Crippen molar-refractivity contribution in [3.8, 4) is 0 Å². The van der Waals surface area contributed by atoms with Gasteiger partial charge in [-0.2, -0.15) is 0 Å². The molecule has 0 amide bonds. The van der Waals surface area contributed by atoms with Gasteiger partial charge in [0, 0.05) is 6.04 Å². The molecule has 0 radical (unpaired) electrons. The molecule has 0 bridgehead atoms. The van der Waals surface area contributed by atoms with Crippen LogP contribution in [0.25, 0.3) is 0 Å². The third kappa shape index (κ3) is 1.63. The lowest BCUT2D eigenvalue weighted by Crippen LogP contribution is -2.37. The summed E-state index contributed by atoms with van der Waals surface area (Å²) in [6.45, 7) is 0.891. The molecule has 70 valence electrons. The summed E-state index contributed by atoms with van der Waals surface area (Å²) in [5.41, 5.74) is 0. The Kier molecular flexibility index (Phi) is 2.64. The molecule has 2 fully saturated rings. The summed E-state index contributed by atoms with van der Waals surface area (Å²) in [6, 6.07) is 0.199. The number of hydrogen-bond donors (Lipinski definition) is 1. The molecule has 1 N–H and O–H groups in total. The van der Waals surface area contributed by atoms with E-state index in [2.05, 4.69) is 5.32 Å². The molecule has 1 saturated carbocycles. The fraction of sp³-hybridized carbons (Fsp3) is 1.00. The van der Waals surface area contributed by atoms with E-state index in [1.165, 1.54) is 32.1 Å². The maximum Gasteiger partial charge on any atom is 0.117 e. The van der Waals surface area contributed by atoms with Crippen molar-refractivity contribution in [2.45, 2.75) is 50.7 Å². The molecule has 2 aliphatic rings. The molecular formula is C10H18FN. The average Bonchev–Trinajstić information content (AvgIpc) is 2.53. The molecule has 0 aromatic carbocycles. The molecule has 1 saturated heterocycles. The fourth-order valence-electron chi connectivity index (χ4n) is 2.65. The Bertz CT molecular complexity index is 143. The van der Waals surface area contributed by atoms with Crippen LogP contribution in [0.3, 0.4) is 0 Å². The first-order valence-electron chi connectivity index (χ1n) is 5.25. The minimum atomic E-state index is -0.562. The monoisotopic (exact) mass is 171 g/mol. The summed E-state index contributed by atoms with van der Waals surface area (Å²) in [4.78, 5) is 0. The fourth-order valence-corrected chi connectivity index (χ4v) is 2.65. The number of alkyl halides is 1. The normalized spacial score (nSPS) is 38.8. The van der Waals surface area contributed by atoms with E-state index in [-0.39, 0.29) is 6.04 Å². The third-order valence-corrected chi connectivity index (χ3v) is 3.35. The summed E-state index contributed by atoms with van der Waals surface area (Å²) in [7, 11) is 0. The van der Waals surface area contributed by atoms with E-state index in [0.717, 1.165) is 13.0 Å². The van der Waals surface area contributed by atoms with E-state index in [1.807, 2.05) is 0 Å². The highest BCUT2D eigenvalue weighted by Gasteiger charge is 2.33. The standard InChI is InChI=1S/C10H18FN/c11-9-6-7-12-10(9)8-4-2-1-3-5-8/h8-10,12H,1-7H2. The van der Waals surface area contributed by atoms with Crippen LogP contribution in [0.5, 0.6) is 0 Å². The largest absolute Gasteiger partial charge is 0.311 e. The molecule has 1 aliphatic heterocycles. The Balaban J connectivity index is 1.89. The average molecular weight is 171 g/mol. The number of halogens is 1. The Morgan fingerprint density at radius 1 is 1.00 bits per heavy atom. The zero-order valence-electron chi connectivity index (χ0n) is 7.56. The highest BCUT2D eigenvalue weighted by atomic mass is 19.1. The highest BCUT2D eigenvalue weighted by Crippen LogP contribution is 2.31. The van der Waals surface area contributed by atoms with Crippen molar-refractivity contribution in [2.75, 3.05) is 6.54 Å². The second-order valence-corrected chi connectivity index (χ2v) is 4.18. The molecule has 12 heavy (non-hydrogen) atoms. The zero-order valence-corrected chi connectivity index (χ0v) is 7.56. The number of rotatable bonds is 1. The molecule has 2 rings (SSSR count). The Hall–Kier alpha value is -0.110. The maximum absolute atomic E-state index is 13.3. The van der Waals surface area contributed by atoms with Crippen molar-refractivity contribution < 1.29 is 4.39 Å². The van der Waals surface area contributed by atoms with Gasteiger partial charge in [-0.05, 0) is 31.7 Å². The Labute approximate surface area is 73.7 Å². The van der Waals surface area contributed by atoms with Gasteiger partial charge in [0.1, 0.15) is 6.17 Å². The minimum Gasteiger partial charge on any atom is -0.311 e. The van der Waals surface area contributed by atoms with Gasteiger partial charge < -0.3 is 5.32 Å². The first-order chi connectivity index (χ1) is 5.88. The molecule has 0 aromatic heterocycles. The van der Waals surface area contributed by atoms with Gasteiger partial charge in [0.25, 0.3) is 0 Å². The number of nitrogens with one attached hydrogen (secondary N) is 1. The van der Waals surface area contributed by atoms with Crippen LogP contribution >= 0.6 is 0 Å². The van der Waals surface area contributed by atoms with Gasteiger partial charge in [-0.3, -0.25) is 0 Å². The maximum atomic E-state index is 13.3. The topological polar surface area (TPSA) is 12.0 Å². The SMILES string of the molecule is FC1CCNC1C1CCCCC1. The van der Waals surface area contributed by atoms with Crippen LogP contribution in [0.4, 0.5) is 4.39 Å². The van der Waals surface area contributed by atoms with Crippen LogP contribution in [0, 0.1) is 5.92 Å². The molecule has 2 unspecified atom stereocenters. The van der Waals surface area contributed by atoms with Crippen molar-refractivity contribution >= 4 is 0 Å². The van der Waals surface area contributed by atoms with E-state index in [9.17, 15) is 4.39 Å². The molecule has 1 nitrogen and oxygen atoms in total. The Morgan fingerprint density at radius 3 is 2.33 bits per heavy atom. The Morgan fingerprint density at radius 2 is 1.75 bits per heavy atom. The van der Waals surface area contributed by atoms with E-state index < -0.39 is 6.17 Å². The van der Waals surface area contributed by atoms with E-state index in [1.54, 1.807) is 0 Å². The van der Waals surface area contributed by atoms with Crippen molar-refractivity contribution in [1.29, 1.82) is 0 Å². The highest BCUT2D eigenvalue weighted by molar-refractivity contribution is 4.90. The van der Waals surface area contributed by atoms with Crippen LogP contribution in [-0.4, -0.2) is 18.8 Å². The molecular weight excluding hydrogens is 153 g/mol. The second-order valence-electron chi connectivity index (χ2n) is 4.18. The van der Waals surface area contributed by atoms with E-state index in [4.69, 9.17) is 0 Å². The van der Waals surface area contributed by atoms with Crippen LogP contribution in [-0.2, 0) is 0 Å². The molecule has 2 atom stereocenters. The summed E-state index contributed by atoms with van der Waals surface area (Å²) in [5, 5.41) is 3.30. The van der Waals surface area contributed by atoms with Crippen LogP contribution < -0.4 is 5.32 Å². The quantitative estimate of drug-likeness (QED) is 0.638. The van der Waals surface area contributed by atoms with Crippen molar-refractivity contribution in [3.63, 3.8) is 0 Å². The summed E-state index contributed by atoms with van der Waals surface area (Å²) in [6.07, 6.45) is 6.66. The lowest BCUT2D eigenvalue weighted by molar-refractivity contribution is 0.202. The molecule has 0 aromatic rings. The first-order valence-corrected chi connectivity index (χ1v) is 5.25. The lowest BCUT2D eigenvalue weighted by atomic mass is 9.83. The van der Waals surface area contributed by atoms with Crippen LogP contribution in [0.15, 0.2) is 0 Å². The van der Waals surface area contributed by atoms with Crippen LogP contribution in [0.2, 0.25) is 0 Å². The predicted octanol–water partition coefficient (Wildman–Crippen LogP) is 2.27. The van der Waals surface area contributed by atoms with Gasteiger partial charge >= 0.3 is 0 Å². The van der Waals surface area contributed by atoms with E-state index in [0.29, 0.717) is 5.92 Å². The summed E-state index contributed by atoms with van der Waals surface area (Å²) >= 11 is 0. The van der Waals surface area contributed by atoms with Crippen LogP contribution in [0.1, 0.15) is 38.5 Å². The van der Waals surface area contributed by atoms with Crippen molar-refractivity contribution in [3.05, 3.63) is 0 Å². The first kappa shape index (κ1) is 8.49. The number of hydrogen-bond acceptors (Lipinski definition) is 1.